The van der Waals surface area contributed by atoms with Crippen LogP contribution in [0.1, 0.15) is 31.5 Å². The summed E-state index contributed by atoms with van der Waals surface area (Å²) in [4.78, 5) is 7.89. The van der Waals surface area contributed by atoms with Crippen LogP contribution in [0.4, 0.5) is 0 Å². The van der Waals surface area contributed by atoms with Gasteiger partial charge in [0.1, 0.15) is 5.82 Å². The number of benzene rings is 1. The van der Waals surface area contributed by atoms with Gasteiger partial charge in [0.15, 0.2) is 0 Å². The van der Waals surface area contributed by atoms with Crippen LogP contribution in [0.15, 0.2) is 18.2 Å². The summed E-state index contributed by atoms with van der Waals surface area (Å²) in [6, 6.07) is 5.75. The van der Waals surface area contributed by atoms with Gasteiger partial charge in [0.25, 0.3) is 0 Å². The van der Waals surface area contributed by atoms with Crippen LogP contribution in [0.25, 0.3) is 11.0 Å². The average Bonchev–Trinajstić information content (AvgIpc) is 2.79. The second kappa shape index (κ2) is 5.29. The number of H-pyrrole nitrogens is 1. The van der Waals surface area contributed by atoms with Gasteiger partial charge >= 0.3 is 0 Å². The smallest absolute Gasteiger partial charge is 0.107 e. The van der Waals surface area contributed by atoms with E-state index in [2.05, 4.69) is 9.97 Å². The van der Waals surface area contributed by atoms with Crippen molar-refractivity contribution in [1.82, 2.24) is 9.97 Å². The van der Waals surface area contributed by atoms with Crippen LogP contribution in [-0.2, 0) is 11.2 Å². The van der Waals surface area contributed by atoms with Crippen molar-refractivity contribution in [2.45, 2.75) is 38.2 Å². The van der Waals surface area contributed by atoms with E-state index in [4.69, 9.17) is 16.3 Å². The molecule has 1 aromatic carbocycles. The van der Waals surface area contributed by atoms with E-state index < -0.39 is 0 Å². The van der Waals surface area contributed by atoms with Crippen LogP contribution in [-0.4, -0.2) is 22.7 Å². The number of ether oxygens (including phenoxy) is 1. The first-order chi connectivity index (χ1) is 8.81. The molecule has 96 valence electrons. The van der Waals surface area contributed by atoms with Crippen LogP contribution in [0.5, 0.6) is 0 Å². The lowest BCUT2D eigenvalue weighted by Crippen LogP contribution is -2.19. The molecule has 2 aromatic rings. The zero-order valence-electron chi connectivity index (χ0n) is 10.3. The number of aromatic amines is 1. The van der Waals surface area contributed by atoms with Gasteiger partial charge in [-0.2, -0.15) is 0 Å². The number of nitrogens with zero attached hydrogens (tertiary/aromatic N) is 1. The molecule has 1 atom stereocenters. The molecular formula is C14H17ClN2O. The number of fused-ring (bicyclic) bond motifs is 1. The lowest BCUT2D eigenvalue weighted by molar-refractivity contribution is 0.0112. The minimum Gasteiger partial charge on any atom is -0.378 e. The fraction of sp³-hybridized carbons (Fsp3) is 0.500. The second-order valence-corrected chi connectivity index (χ2v) is 5.31. The quantitative estimate of drug-likeness (QED) is 0.918. The van der Waals surface area contributed by atoms with Crippen molar-refractivity contribution in [2.24, 2.45) is 0 Å². The number of rotatable bonds is 3. The summed E-state index contributed by atoms with van der Waals surface area (Å²) in [7, 11) is 0. The molecule has 1 aliphatic heterocycles. The number of aromatic nitrogens is 2. The summed E-state index contributed by atoms with van der Waals surface area (Å²) in [6.07, 6.45) is 6.09. The average molecular weight is 265 g/mol. The molecule has 1 aromatic heterocycles. The minimum absolute atomic E-state index is 0.413. The Balaban J connectivity index is 1.67. The first-order valence-corrected chi connectivity index (χ1v) is 6.95. The van der Waals surface area contributed by atoms with Gasteiger partial charge < -0.3 is 9.72 Å². The number of nitrogens with one attached hydrogen (secondary N) is 1. The van der Waals surface area contributed by atoms with E-state index in [1.54, 1.807) is 0 Å². The lowest BCUT2D eigenvalue weighted by Gasteiger charge is -2.21. The predicted octanol–water partition coefficient (Wildman–Crippen LogP) is 3.72. The van der Waals surface area contributed by atoms with E-state index in [0.717, 1.165) is 41.3 Å². The fourth-order valence-corrected chi connectivity index (χ4v) is 2.66. The molecule has 0 aliphatic carbocycles. The van der Waals surface area contributed by atoms with Gasteiger partial charge in [-0.05, 0) is 43.9 Å². The Bertz CT molecular complexity index is 532. The van der Waals surface area contributed by atoms with Gasteiger partial charge in [-0.3, -0.25) is 0 Å². The van der Waals surface area contributed by atoms with Crippen molar-refractivity contribution < 1.29 is 4.74 Å². The van der Waals surface area contributed by atoms with Crippen molar-refractivity contribution >= 4 is 22.6 Å². The largest absolute Gasteiger partial charge is 0.378 e. The highest BCUT2D eigenvalue weighted by Crippen LogP contribution is 2.20. The van der Waals surface area contributed by atoms with E-state index in [1.165, 1.54) is 19.3 Å². The van der Waals surface area contributed by atoms with Gasteiger partial charge in [-0.25, -0.2) is 4.98 Å². The summed E-state index contributed by atoms with van der Waals surface area (Å²) < 4.78 is 5.73. The number of hydrogen-bond acceptors (Lipinski definition) is 2. The van der Waals surface area contributed by atoms with Crippen molar-refractivity contribution in [3.05, 3.63) is 29.0 Å². The highest BCUT2D eigenvalue weighted by Gasteiger charge is 2.14. The first-order valence-electron chi connectivity index (χ1n) is 6.57. The van der Waals surface area contributed by atoms with E-state index in [1.807, 2.05) is 18.2 Å². The Hall–Kier alpha value is -1.06. The molecule has 1 N–H and O–H groups in total. The van der Waals surface area contributed by atoms with Crippen LogP contribution < -0.4 is 0 Å². The van der Waals surface area contributed by atoms with Gasteiger partial charge in [0.05, 0.1) is 17.1 Å². The fourth-order valence-electron chi connectivity index (χ4n) is 2.49. The molecule has 0 radical (unpaired) electrons. The molecule has 1 aliphatic rings. The standard InChI is InChI=1S/C14H17ClN2O/c15-10-4-6-12-13(9-10)17-14(16-12)7-5-11-3-1-2-8-18-11/h4,6,9,11H,1-3,5,7-8H2,(H,16,17). The Morgan fingerprint density at radius 2 is 2.33 bits per heavy atom. The molecule has 0 bridgehead atoms. The topological polar surface area (TPSA) is 37.9 Å². The monoisotopic (exact) mass is 264 g/mol. The normalized spacial score (nSPS) is 20.4. The summed E-state index contributed by atoms with van der Waals surface area (Å²) in [5.74, 6) is 1.03. The number of hydrogen-bond donors (Lipinski definition) is 1. The highest BCUT2D eigenvalue weighted by molar-refractivity contribution is 6.31. The molecule has 4 heteroatoms. The Labute approximate surface area is 112 Å². The summed E-state index contributed by atoms with van der Waals surface area (Å²) in [5.41, 5.74) is 2.00. The maximum absolute atomic E-state index is 5.96. The minimum atomic E-state index is 0.413. The summed E-state index contributed by atoms with van der Waals surface area (Å²) in [6.45, 7) is 0.917. The van der Waals surface area contributed by atoms with Crippen LogP contribution >= 0.6 is 11.6 Å². The molecular weight excluding hydrogens is 248 g/mol. The first kappa shape index (κ1) is 12.0. The van der Waals surface area contributed by atoms with Crippen LogP contribution in [0.3, 0.4) is 0 Å². The Morgan fingerprint density at radius 1 is 1.39 bits per heavy atom. The third kappa shape index (κ3) is 2.68. The zero-order valence-corrected chi connectivity index (χ0v) is 11.0. The van der Waals surface area contributed by atoms with E-state index in [-0.39, 0.29) is 0 Å². The van der Waals surface area contributed by atoms with Gasteiger partial charge in [0.2, 0.25) is 0 Å². The van der Waals surface area contributed by atoms with Crippen molar-refractivity contribution in [3.8, 4) is 0 Å². The Morgan fingerprint density at radius 3 is 3.17 bits per heavy atom. The lowest BCUT2D eigenvalue weighted by atomic mass is 10.0. The van der Waals surface area contributed by atoms with Gasteiger partial charge in [-0.1, -0.05) is 11.6 Å². The molecule has 0 spiro atoms. The Kier molecular flexibility index (Phi) is 3.52. The maximum atomic E-state index is 5.96. The summed E-state index contributed by atoms with van der Waals surface area (Å²) in [5, 5.41) is 0.744. The molecule has 3 rings (SSSR count). The third-order valence-corrected chi connectivity index (χ3v) is 3.71. The van der Waals surface area contributed by atoms with E-state index in [9.17, 15) is 0 Å². The molecule has 1 fully saturated rings. The zero-order chi connectivity index (χ0) is 12.4. The van der Waals surface area contributed by atoms with Crippen molar-refractivity contribution in [3.63, 3.8) is 0 Å². The molecule has 2 heterocycles. The molecule has 1 saturated heterocycles. The van der Waals surface area contributed by atoms with Crippen molar-refractivity contribution in [1.29, 1.82) is 0 Å². The third-order valence-electron chi connectivity index (χ3n) is 3.47. The van der Waals surface area contributed by atoms with Gasteiger partial charge in [-0.15, -0.1) is 0 Å². The molecule has 18 heavy (non-hydrogen) atoms. The van der Waals surface area contributed by atoms with E-state index >= 15 is 0 Å². The molecule has 3 nitrogen and oxygen atoms in total. The van der Waals surface area contributed by atoms with Crippen LogP contribution in [0.2, 0.25) is 5.02 Å². The molecule has 1 unspecified atom stereocenters. The van der Waals surface area contributed by atoms with Crippen LogP contribution in [0, 0.1) is 0 Å². The van der Waals surface area contributed by atoms with E-state index in [0.29, 0.717) is 6.10 Å². The molecule has 0 amide bonds. The number of aryl methyl sites for hydroxylation is 1. The maximum Gasteiger partial charge on any atom is 0.107 e. The second-order valence-electron chi connectivity index (χ2n) is 4.87. The van der Waals surface area contributed by atoms with Crippen molar-refractivity contribution in [2.75, 3.05) is 6.61 Å². The van der Waals surface area contributed by atoms with Gasteiger partial charge in [0, 0.05) is 18.1 Å². The highest BCUT2D eigenvalue weighted by atomic mass is 35.5. The number of halogens is 1. The molecule has 0 saturated carbocycles. The summed E-state index contributed by atoms with van der Waals surface area (Å²) >= 11 is 5.96. The SMILES string of the molecule is Clc1ccc2nc(CCC3CCCCO3)[nH]c2c1. The number of imidazole rings is 1. The predicted molar refractivity (Wildman–Crippen MR) is 73.0 cm³/mol.